The second kappa shape index (κ2) is 18.2. The highest BCUT2D eigenvalue weighted by Gasteiger charge is 2.70. The van der Waals surface area contributed by atoms with Crippen LogP contribution < -0.4 is 0 Å². The first-order valence-corrected chi connectivity index (χ1v) is 24.5. The molecule has 5 heterocycles. The van der Waals surface area contributed by atoms with E-state index in [0.717, 1.165) is 51.6 Å². The quantitative estimate of drug-likeness (QED) is 0.124. The van der Waals surface area contributed by atoms with Gasteiger partial charge in [-0.05, 0) is 106 Å². The van der Waals surface area contributed by atoms with Crippen LogP contribution in [0.15, 0.2) is 0 Å². The number of esters is 1. The molecule has 0 aromatic heterocycles. The Morgan fingerprint density at radius 2 is 1.28 bits per heavy atom. The van der Waals surface area contributed by atoms with Crippen LogP contribution in [-0.4, -0.2) is 176 Å². The largest absolute Gasteiger partial charge is 0.462 e. The highest BCUT2D eigenvalue weighted by Crippen LogP contribution is 2.71. The molecule has 0 unspecified atom stereocenters. The van der Waals surface area contributed by atoms with Crippen molar-refractivity contribution in [1.82, 2.24) is 0 Å². The first-order chi connectivity index (χ1) is 30.7. The monoisotopic (exact) mass is 929 g/mol. The van der Waals surface area contributed by atoms with Crippen LogP contribution in [0.2, 0.25) is 0 Å². The van der Waals surface area contributed by atoms with Crippen molar-refractivity contribution in [1.29, 1.82) is 0 Å². The Morgan fingerprint density at radius 3 is 1.88 bits per heavy atom. The maximum atomic E-state index is 12.9. The summed E-state index contributed by atoms with van der Waals surface area (Å²) in [5.74, 6) is 1.37. The van der Waals surface area contributed by atoms with Crippen LogP contribution >= 0.6 is 0 Å². The summed E-state index contributed by atoms with van der Waals surface area (Å²) >= 11 is 0. The van der Waals surface area contributed by atoms with E-state index in [1.807, 2.05) is 0 Å². The molecule has 372 valence electrons. The lowest BCUT2D eigenvalue weighted by Gasteiger charge is -2.63. The number of hydrogen-bond acceptors (Lipinski definition) is 18. The zero-order valence-corrected chi connectivity index (χ0v) is 38.9. The minimum Gasteiger partial charge on any atom is -0.462 e. The minimum absolute atomic E-state index is 0.0620. The van der Waals surface area contributed by atoms with E-state index in [1.165, 1.54) is 20.8 Å². The molecule has 65 heavy (non-hydrogen) atoms. The number of carbonyl (C=O) groups is 1. The Morgan fingerprint density at radius 1 is 0.646 bits per heavy atom. The number of hydrogen-bond donors (Lipinski definition) is 8. The van der Waals surface area contributed by atoms with Crippen LogP contribution in [0.4, 0.5) is 0 Å². The first-order valence-electron chi connectivity index (χ1n) is 24.5. The van der Waals surface area contributed by atoms with Gasteiger partial charge in [0.05, 0.1) is 37.6 Å². The number of carbonyl (C=O) groups excluding carboxylic acids is 1. The highest BCUT2D eigenvalue weighted by atomic mass is 16.8. The Labute approximate surface area is 381 Å². The lowest BCUT2D eigenvalue weighted by Crippen LogP contribution is -2.66. The molecule has 8 N–H and O–H groups in total. The normalized spacial score (nSPS) is 57.8. The van der Waals surface area contributed by atoms with Crippen molar-refractivity contribution in [2.75, 3.05) is 13.2 Å². The van der Waals surface area contributed by atoms with Gasteiger partial charge in [0.25, 0.3) is 0 Å². The molecule has 0 aromatic rings. The van der Waals surface area contributed by atoms with Gasteiger partial charge in [-0.25, -0.2) is 0 Å². The predicted molar refractivity (Wildman–Crippen MR) is 224 cm³/mol. The third kappa shape index (κ3) is 8.25. The summed E-state index contributed by atoms with van der Waals surface area (Å²) in [4.78, 5) is 12.9. The Kier molecular flexibility index (Phi) is 13.7. The van der Waals surface area contributed by atoms with Crippen LogP contribution in [-0.2, 0) is 47.4 Å². The van der Waals surface area contributed by atoms with Crippen LogP contribution in [0.3, 0.4) is 0 Å². The van der Waals surface area contributed by atoms with Crippen molar-refractivity contribution >= 4 is 5.97 Å². The van der Waals surface area contributed by atoms with E-state index in [9.17, 15) is 45.6 Å². The summed E-state index contributed by atoms with van der Waals surface area (Å²) in [6, 6.07) is 0. The van der Waals surface area contributed by atoms with Gasteiger partial charge in [-0.3, -0.25) is 4.79 Å². The molecule has 0 radical (unpaired) electrons. The highest BCUT2D eigenvalue weighted by molar-refractivity contribution is 5.66. The molecule has 9 rings (SSSR count). The number of rotatable bonds is 8. The predicted octanol–water partition coefficient (Wildman–Crippen LogP) is 0.863. The zero-order chi connectivity index (χ0) is 46.7. The fourth-order valence-electron chi connectivity index (χ4n) is 14.9. The van der Waals surface area contributed by atoms with Gasteiger partial charge in [-0.15, -0.1) is 0 Å². The van der Waals surface area contributed by atoms with Crippen LogP contribution in [0, 0.1) is 52.3 Å². The van der Waals surface area contributed by atoms with Gasteiger partial charge >= 0.3 is 5.97 Å². The summed E-state index contributed by atoms with van der Waals surface area (Å²) in [5.41, 5.74) is -0.135. The van der Waals surface area contributed by atoms with Crippen LogP contribution in [0.1, 0.15) is 106 Å². The van der Waals surface area contributed by atoms with E-state index in [0.29, 0.717) is 42.4 Å². The molecule has 18 nitrogen and oxygen atoms in total. The van der Waals surface area contributed by atoms with Gasteiger partial charge in [0.2, 0.25) is 0 Å². The van der Waals surface area contributed by atoms with Crippen LogP contribution in [0.25, 0.3) is 0 Å². The molecule has 4 aliphatic carbocycles. The van der Waals surface area contributed by atoms with Gasteiger partial charge in [0, 0.05) is 25.2 Å². The van der Waals surface area contributed by atoms with E-state index < -0.39 is 111 Å². The van der Waals surface area contributed by atoms with Gasteiger partial charge in [-0.2, -0.15) is 0 Å². The number of fused-ring (bicyclic) bond motifs is 7. The summed E-state index contributed by atoms with van der Waals surface area (Å²) in [6.07, 6.45) is -15.2. The summed E-state index contributed by atoms with van der Waals surface area (Å²) in [7, 11) is 0. The van der Waals surface area contributed by atoms with Crippen molar-refractivity contribution in [2.45, 2.75) is 222 Å². The van der Waals surface area contributed by atoms with E-state index in [1.54, 1.807) is 0 Å². The molecule has 5 aliphatic heterocycles. The summed E-state index contributed by atoms with van der Waals surface area (Å²) in [5, 5.41) is 86.4. The van der Waals surface area contributed by atoms with E-state index in [-0.39, 0.29) is 40.8 Å². The standard InChI is InChI=1S/C47H76O18/c1-19-8-13-47(57-18-19)20(2)32-30(65-47)16-27-25-15-29(60-23(5)49)28-14-24(9-11-45(28,6)26(25)10-12-46(27,32)7)61-44-41(64-43-38(55)36(53)34(51)22(4)59-43)39(56)40(31(17-48)62-44)63-42-37(54)35(52)33(50)21(3)58-42/h19-22,24-44,48,50-56H,8-18H2,1-7H3/t19-,20+,21+,22+,24+,25-,26+,27+,28-,29+,30+,31-,32+,33+,34+,35-,36-,37-,38-,39+,40-,41-,42+,43+,44-,45-,46+,47-/m1/s1. The molecule has 9 aliphatic rings. The smallest absolute Gasteiger partial charge is 0.302 e. The van der Waals surface area contributed by atoms with E-state index >= 15 is 0 Å². The van der Waals surface area contributed by atoms with Crippen LogP contribution in [0.5, 0.6) is 0 Å². The molecule has 28 atom stereocenters. The van der Waals surface area contributed by atoms with Gasteiger partial charge in [0.15, 0.2) is 24.7 Å². The molecule has 1 spiro atoms. The Hall–Kier alpha value is -1.17. The van der Waals surface area contributed by atoms with Crippen molar-refractivity contribution in [2.24, 2.45) is 52.3 Å². The lowest BCUT2D eigenvalue weighted by atomic mass is 9.43. The van der Waals surface area contributed by atoms with E-state index in [4.69, 9.17) is 42.6 Å². The third-order valence-corrected chi connectivity index (χ3v) is 18.5. The third-order valence-electron chi connectivity index (χ3n) is 18.5. The molecule has 18 heteroatoms. The van der Waals surface area contributed by atoms with Crippen molar-refractivity contribution in [3.8, 4) is 0 Å². The molecule has 0 aromatic carbocycles. The van der Waals surface area contributed by atoms with Crippen molar-refractivity contribution in [3.05, 3.63) is 0 Å². The first kappa shape index (κ1) is 48.8. The zero-order valence-electron chi connectivity index (χ0n) is 38.9. The average molecular weight is 929 g/mol. The molecular formula is C47H76O18. The van der Waals surface area contributed by atoms with Gasteiger partial charge < -0.3 is 83.5 Å². The molecule has 9 fully saturated rings. The lowest BCUT2D eigenvalue weighted by molar-refractivity contribution is -0.389. The second-order valence-corrected chi connectivity index (χ2v) is 22.2. The maximum absolute atomic E-state index is 12.9. The summed E-state index contributed by atoms with van der Waals surface area (Å²) in [6.45, 7) is 13.9. The molecule has 4 saturated carbocycles. The minimum atomic E-state index is -1.75. The topological polar surface area (TPSA) is 262 Å². The van der Waals surface area contributed by atoms with Crippen molar-refractivity contribution < 1.29 is 88.3 Å². The number of ether oxygens (including phenoxy) is 9. The molecule has 0 amide bonds. The van der Waals surface area contributed by atoms with E-state index in [2.05, 4.69) is 27.7 Å². The fraction of sp³-hybridized carbons (Fsp3) is 0.979. The maximum Gasteiger partial charge on any atom is 0.302 e. The average Bonchev–Trinajstić information content (AvgIpc) is 3.72. The molecular weight excluding hydrogens is 852 g/mol. The number of aliphatic hydroxyl groups is 8. The van der Waals surface area contributed by atoms with Crippen molar-refractivity contribution in [3.63, 3.8) is 0 Å². The number of aliphatic hydroxyl groups excluding tert-OH is 8. The molecule has 0 bridgehead atoms. The SMILES string of the molecule is CC(=O)O[C@H]1C[C@@H]2[C@H](CC[C@]3(C)[C@@H]4[C@H](C[C@@H]23)O[C@]2(CC[C@@H](C)CO2)[C@H]4C)[C@@]2(C)CC[C@H](O[C@@H]3O[C@H](CO)[C@@H](O[C@@H]4O[C@@H](C)[C@H](O)[C@@H](O)[C@H]4O)[C@H](O)[C@H]3O[C@@H]3O[C@@H](C)[C@H](O)[C@@H](O)[C@H]3O)C[C@H]12. The molecule has 5 saturated heterocycles. The van der Waals surface area contributed by atoms with Gasteiger partial charge in [0.1, 0.15) is 67.1 Å². The van der Waals surface area contributed by atoms with Gasteiger partial charge in [-0.1, -0.05) is 27.7 Å². The summed E-state index contributed by atoms with van der Waals surface area (Å²) < 4.78 is 56.6. The fourth-order valence-corrected chi connectivity index (χ4v) is 14.9. The Bertz CT molecular complexity index is 1680. The second-order valence-electron chi connectivity index (χ2n) is 22.2. The Balaban J connectivity index is 0.946.